The molecule has 168 valence electrons. The van der Waals surface area contributed by atoms with Crippen molar-refractivity contribution in [2.24, 2.45) is 0 Å². The Balaban J connectivity index is 2.65. The third-order valence-corrected chi connectivity index (χ3v) is 3.94. The lowest BCUT2D eigenvalue weighted by atomic mass is 10.1. The van der Waals surface area contributed by atoms with E-state index in [0.717, 1.165) is 0 Å². The van der Waals surface area contributed by atoms with Crippen molar-refractivity contribution in [3.8, 4) is 0 Å². The molecule has 0 spiro atoms. The Labute approximate surface area is 151 Å². The molecule has 1 rings (SSSR count). The van der Waals surface area contributed by atoms with Crippen LogP contribution >= 0.6 is 0 Å². The second-order valence-corrected chi connectivity index (χ2v) is 6.15. The standard InChI is InChI=1S/C13H16F12N2O/c14-5-10(17,6-28-7-11(18,19)8(15)12(20,21)22)9(16)26-1-3-27(4-2-26)13(23,24)25/h8-9H,1-7H2. The van der Waals surface area contributed by atoms with Gasteiger partial charge in [0.25, 0.3) is 6.17 Å². The Kier molecular flexibility index (Phi) is 7.89. The molecule has 1 aliphatic rings. The second kappa shape index (κ2) is 8.81. The van der Waals surface area contributed by atoms with Crippen molar-refractivity contribution in [3.05, 3.63) is 0 Å². The number of halogens is 12. The van der Waals surface area contributed by atoms with Gasteiger partial charge in [0.15, 0.2) is 6.30 Å². The van der Waals surface area contributed by atoms with Gasteiger partial charge in [0.1, 0.15) is 13.3 Å². The maximum Gasteiger partial charge on any atom is 0.460 e. The van der Waals surface area contributed by atoms with Crippen LogP contribution in [0.25, 0.3) is 0 Å². The molecule has 0 N–H and O–H groups in total. The first kappa shape index (κ1) is 25.1. The van der Waals surface area contributed by atoms with Gasteiger partial charge in [-0.05, 0) is 0 Å². The van der Waals surface area contributed by atoms with Gasteiger partial charge in [0.2, 0.25) is 5.67 Å². The van der Waals surface area contributed by atoms with Crippen molar-refractivity contribution in [1.82, 2.24) is 9.80 Å². The van der Waals surface area contributed by atoms with Crippen LogP contribution in [-0.2, 0) is 4.74 Å². The van der Waals surface area contributed by atoms with E-state index in [4.69, 9.17) is 0 Å². The summed E-state index contributed by atoms with van der Waals surface area (Å²) in [6.45, 7) is -9.22. The van der Waals surface area contributed by atoms with E-state index in [1.807, 2.05) is 0 Å². The highest BCUT2D eigenvalue weighted by molar-refractivity contribution is 4.90. The lowest BCUT2D eigenvalue weighted by Crippen LogP contribution is -2.59. The van der Waals surface area contributed by atoms with Gasteiger partial charge in [-0.3, -0.25) is 4.90 Å². The quantitative estimate of drug-likeness (QED) is 0.420. The normalized spacial score (nSPS) is 22.7. The predicted octanol–water partition coefficient (Wildman–Crippen LogP) is 3.65. The van der Waals surface area contributed by atoms with Crippen molar-refractivity contribution in [3.63, 3.8) is 0 Å². The molecule has 3 unspecified atom stereocenters. The smallest absolute Gasteiger partial charge is 0.371 e. The first-order valence-electron chi connectivity index (χ1n) is 7.66. The molecule has 1 heterocycles. The van der Waals surface area contributed by atoms with Gasteiger partial charge >= 0.3 is 18.4 Å². The largest absolute Gasteiger partial charge is 0.460 e. The summed E-state index contributed by atoms with van der Waals surface area (Å²) in [4.78, 5) is 0.456. The predicted molar refractivity (Wildman–Crippen MR) is 70.6 cm³/mol. The van der Waals surface area contributed by atoms with Gasteiger partial charge < -0.3 is 4.74 Å². The highest BCUT2D eigenvalue weighted by atomic mass is 19.4. The van der Waals surface area contributed by atoms with Gasteiger partial charge in [-0.1, -0.05) is 0 Å². The van der Waals surface area contributed by atoms with Crippen LogP contribution in [0.5, 0.6) is 0 Å². The number of nitrogens with zero attached hydrogens (tertiary/aromatic N) is 2. The van der Waals surface area contributed by atoms with Crippen molar-refractivity contribution in [1.29, 1.82) is 0 Å². The average molecular weight is 444 g/mol. The molecule has 0 bridgehead atoms. The summed E-state index contributed by atoms with van der Waals surface area (Å²) in [7, 11) is 0. The minimum Gasteiger partial charge on any atom is -0.371 e. The molecule has 0 radical (unpaired) electrons. The molecule has 0 aromatic carbocycles. The van der Waals surface area contributed by atoms with Gasteiger partial charge in [-0.2, -0.15) is 26.3 Å². The second-order valence-electron chi connectivity index (χ2n) is 6.15. The molecule has 3 atom stereocenters. The van der Waals surface area contributed by atoms with Crippen LogP contribution < -0.4 is 0 Å². The third kappa shape index (κ3) is 6.27. The molecule has 1 fully saturated rings. The summed E-state index contributed by atoms with van der Waals surface area (Å²) in [6, 6.07) is 0. The molecule has 3 nitrogen and oxygen atoms in total. The van der Waals surface area contributed by atoms with Crippen LogP contribution in [0.4, 0.5) is 52.7 Å². The van der Waals surface area contributed by atoms with Crippen LogP contribution in [0.1, 0.15) is 0 Å². The van der Waals surface area contributed by atoms with Crippen LogP contribution in [0.3, 0.4) is 0 Å². The molecular weight excluding hydrogens is 428 g/mol. The van der Waals surface area contributed by atoms with Gasteiger partial charge in [-0.25, -0.2) is 31.2 Å². The monoisotopic (exact) mass is 444 g/mol. The Morgan fingerprint density at radius 3 is 1.68 bits per heavy atom. The molecule has 0 amide bonds. The summed E-state index contributed by atoms with van der Waals surface area (Å²) in [5.41, 5.74) is -3.65. The zero-order valence-corrected chi connectivity index (χ0v) is 13.9. The fourth-order valence-corrected chi connectivity index (χ4v) is 2.37. The SMILES string of the molecule is FCC(F)(COCC(F)(F)C(F)C(F)(F)F)C(F)N1CCN(C(F)(F)F)CC1. The minimum absolute atomic E-state index is 0.0127. The van der Waals surface area contributed by atoms with Crippen molar-refractivity contribution in [2.75, 3.05) is 46.1 Å². The van der Waals surface area contributed by atoms with Crippen molar-refractivity contribution >= 4 is 0 Å². The summed E-state index contributed by atoms with van der Waals surface area (Å²) < 4.78 is 157. The Bertz CT molecular complexity index is 491. The van der Waals surface area contributed by atoms with E-state index < -0.39 is 82.6 Å². The molecule has 0 aliphatic carbocycles. The summed E-state index contributed by atoms with van der Waals surface area (Å²) in [6.07, 6.45) is -18.2. The van der Waals surface area contributed by atoms with Crippen LogP contribution in [-0.4, -0.2) is 92.4 Å². The van der Waals surface area contributed by atoms with Crippen molar-refractivity contribution in [2.45, 2.75) is 36.5 Å². The van der Waals surface area contributed by atoms with Gasteiger partial charge in [-0.15, -0.1) is 0 Å². The third-order valence-electron chi connectivity index (χ3n) is 3.94. The van der Waals surface area contributed by atoms with E-state index in [2.05, 4.69) is 4.74 Å². The molecule has 1 aliphatic heterocycles. The van der Waals surface area contributed by atoms with Crippen LogP contribution in [0.2, 0.25) is 0 Å². The molecule has 0 saturated carbocycles. The average Bonchev–Trinajstić information content (AvgIpc) is 2.58. The first-order valence-corrected chi connectivity index (χ1v) is 7.66. The lowest BCUT2D eigenvalue weighted by molar-refractivity contribution is -0.261. The molecule has 28 heavy (non-hydrogen) atoms. The number of hydrogen-bond donors (Lipinski definition) is 0. The topological polar surface area (TPSA) is 15.7 Å². The molecular formula is C13H16F12N2O. The number of piperazine rings is 1. The number of alkyl halides is 12. The molecule has 15 heteroatoms. The summed E-state index contributed by atoms with van der Waals surface area (Å²) >= 11 is 0. The lowest BCUT2D eigenvalue weighted by Gasteiger charge is -2.40. The molecule has 1 saturated heterocycles. The van der Waals surface area contributed by atoms with Crippen molar-refractivity contribution < 1.29 is 57.4 Å². The van der Waals surface area contributed by atoms with E-state index in [9.17, 15) is 52.7 Å². The number of hydrogen-bond acceptors (Lipinski definition) is 3. The van der Waals surface area contributed by atoms with Crippen LogP contribution in [0, 0.1) is 0 Å². The molecule has 0 aromatic rings. The zero-order valence-electron chi connectivity index (χ0n) is 13.9. The zero-order chi connectivity index (χ0) is 22.0. The van der Waals surface area contributed by atoms with E-state index in [-0.39, 0.29) is 4.90 Å². The summed E-state index contributed by atoms with van der Waals surface area (Å²) in [5.74, 6) is -5.14. The number of rotatable bonds is 8. The maximum absolute atomic E-state index is 14.3. The van der Waals surface area contributed by atoms with E-state index in [1.54, 1.807) is 0 Å². The van der Waals surface area contributed by atoms with E-state index in [1.165, 1.54) is 0 Å². The van der Waals surface area contributed by atoms with Gasteiger partial charge in [0.05, 0.1) is 6.61 Å². The Morgan fingerprint density at radius 1 is 0.786 bits per heavy atom. The fraction of sp³-hybridized carbons (Fsp3) is 1.00. The molecule has 0 aromatic heterocycles. The number of ether oxygens (including phenoxy) is 1. The maximum atomic E-state index is 14.3. The Hall–Kier alpha value is -0.960. The highest BCUT2D eigenvalue weighted by Gasteiger charge is 2.57. The first-order chi connectivity index (χ1) is 12.5. The van der Waals surface area contributed by atoms with E-state index in [0.29, 0.717) is 4.90 Å². The van der Waals surface area contributed by atoms with Gasteiger partial charge in [0, 0.05) is 26.2 Å². The van der Waals surface area contributed by atoms with E-state index >= 15 is 0 Å². The highest BCUT2D eigenvalue weighted by Crippen LogP contribution is 2.35. The Morgan fingerprint density at radius 2 is 1.29 bits per heavy atom. The minimum atomic E-state index is -5.94. The summed E-state index contributed by atoms with van der Waals surface area (Å²) in [5, 5.41) is 0. The fourth-order valence-electron chi connectivity index (χ4n) is 2.37. The van der Waals surface area contributed by atoms with Crippen LogP contribution in [0.15, 0.2) is 0 Å².